The zero-order valence-electron chi connectivity index (χ0n) is 11.2. The van der Waals surface area contributed by atoms with Crippen LogP contribution in [-0.4, -0.2) is 15.3 Å². The van der Waals surface area contributed by atoms with Crippen LogP contribution in [0.5, 0.6) is 17.2 Å². The second-order valence-corrected chi connectivity index (χ2v) is 4.75. The Morgan fingerprint density at radius 1 is 0.476 bits per heavy atom. The zero-order chi connectivity index (χ0) is 14.8. The highest BCUT2D eigenvalue weighted by Gasteiger charge is 2.18. The van der Waals surface area contributed by atoms with Gasteiger partial charge in [0.05, 0.1) is 0 Å². The van der Waals surface area contributed by atoms with Gasteiger partial charge in [-0.15, -0.1) is 0 Å². The van der Waals surface area contributed by atoms with Crippen LogP contribution in [0, 0.1) is 0 Å². The van der Waals surface area contributed by atoms with Crippen molar-refractivity contribution in [3.63, 3.8) is 0 Å². The van der Waals surface area contributed by atoms with E-state index in [-0.39, 0.29) is 11.5 Å². The van der Waals surface area contributed by atoms with Gasteiger partial charge < -0.3 is 15.3 Å². The summed E-state index contributed by atoms with van der Waals surface area (Å²) >= 11 is 0. The SMILES string of the molecule is Oc1c(-c2ccccc2)cc(-c2ccccc2)c(O)c1O. The molecule has 3 aromatic rings. The molecule has 3 nitrogen and oxygen atoms in total. The van der Waals surface area contributed by atoms with Crippen molar-refractivity contribution in [2.75, 3.05) is 0 Å². The molecule has 21 heavy (non-hydrogen) atoms. The Labute approximate surface area is 122 Å². The van der Waals surface area contributed by atoms with Crippen LogP contribution >= 0.6 is 0 Å². The summed E-state index contributed by atoms with van der Waals surface area (Å²) in [6.07, 6.45) is 0. The van der Waals surface area contributed by atoms with Crippen molar-refractivity contribution in [2.24, 2.45) is 0 Å². The van der Waals surface area contributed by atoms with Gasteiger partial charge in [0.2, 0.25) is 5.75 Å². The predicted molar refractivity (Wildman–Crippen MR) is 82.3 cm³/mol. The average molecular weight is 278 g/mol. The predicted octanol–water partition coefficient (Wildman–Crippen LogP) is 4.14. The van der Waals surface area contributed by atoms with Crippen LogP contribution in [0.25, 0.3) is 22.3 Å². The van der Waals surface area contributed by atoms with Gasteiger partial charge in [0.15, 0.2) is 11.5 Å². The summed E-state index contributed by atoms with van der Waals surface area (Å²) < 4.78 is 0. The summed E-state index contributed by atoms with van der Waals surface area (Å²) in [7, 11) is 0. The van der Waals surface area contributed by atoms with E-state index in [0.717, 1.165) is 11.1 Å². The lowest BCUT2D eigenvalue weighted by Gasteiger charge is -2.13. The van der Waals surface area contributed by atoms with Crippen LogP contribution in [0.4, 0.5) is 0 Å². The molecule has 0 unspecified atom stereocenters. The maximum Gasteiger partial charge on any atom is 0.201 e. The molecule has 0 bridgehead atoms. The van der Waals surface area contributed by atoms with Crippen molar-refractivity contribution in [3.8, 4) is 39.5 Å². The molecule has 0 aromatic heterocycles. The second kappa shape index (κ2) is 5.21. The van der Waals surface area contributed by atoms with Crippen molar-refractivity contribution < 1.29 is 15.3 Å². The first-order chi connectivity index (χ1) is 10.2. The topological polar surface area (TPSA) is 60.7 Å². The lowest BCUT2D eigenvalue weighted by atomic mass is 9.96. The Hall–Kier alpha value is -2.94. The Kier molecular flexibility index (Phi) is 3.24. The third-order valence-electron chi connectivity index (χ3n) is 3.42. The minimum atomic E-state index is -0.504. The summed E-state index contributed by atoms with van der Waals surface area (Å²) in [6, 6.07) is 20.2. The van der Waals surface area contributed by atoms with Crippen molar-refractivity contribution in [2.45, 2.75) is 0 Å². The first kappa shape index (κ1) is 13.1. The smallest absolute Gasteiger partial charge is 0.201 e. The van der Waals surface area contributed by atoms with Gasteiger partial charge in [-0.3, -0.25) is 0 Å². The number of hydrogen-bond acceptors (Lipinski definition) is 3. The van der Waals surface area contributed by atoms with Crippen LogP contribution in [0.2, 0.25) is 0 Å². The van der Waals surface area contributed by atoms with Gasteiger partial charge in [0.1, 0.15) is 0 Å². The maximum atomic E-state index is 10.1. The molecule has 3 rings (SSSR count). The first-order valence-electron chi connectivity index (χ1n) is 6.57. The van der Waals surface area contributed by atoms with E-state index in [1.807, 2.05) is 60.7 Å². The number of aromatic hydroxyl groups is 3. The molecule has 0 heterocycles. The van der Waals surface area contributed by atoms with Crippen LogP contribution in [0.3, 0.4) is 0 Å². The molecule has 0 saturated heterocycles. The molecule has 0 atom stereocenters. The lowest BCUT2D eigenvalue weighted by molar-refractivity contribution is 0.370. The van der Waals surface area contributed by atoms with Crippen molar-refractivity contribution in [1.29, 1.82) is 0 Å². The average Bonchev–Trinajstić information content (AvgIpc) is 2.55. The Balaban J connectivity index is 2.26. The van der Waals surface area contributed by atoms with Crippen LogP contribution in [0.1, 0.15) is 0 Å². The standard InChI is InChI=1S/C18H14O3/c19-16-14(12-7-3-1-4-8-12)11-15(17(20)18(16)21)13-9-5-2-6-10-13/h1-11,19-21H. The monoisotopic (exact) mass is 278 g/mol. The van der Waals surface area contributed by atoms with E-state index in [1.165, 1.54) is 0 Å². The third kappa shape index (κ3) is 2.30. The summed E-state index contributed by atoms with van der Waals surface area (Å²) in [6.45, 7) is 0. The summed E-state index contributed by atoms with van der Waals surface area (Å²) in [5, 5.41) is 30.2. The zero-order valence-corrected chi connectivity index (χ0v) is 11.2. The quantitative estimate of drug-likeness (QED) is 0.617. The fourth-order valence-corrected chi connectivity index (χ4v) is 2.32. The van der Waals surface area contributed by atoms with Crippen LogP contribution in [0.15, 0.2) is 66.7 Å². The lowest BCUT2D eigenvalue weighted by Crippen LogP contribution is -1.85. The van der Waals surface area contributed by atoms with Gasteiger partial charge in [-0.05, 0) is 17.2 Å². The number of hydrogen-bond donors (Lipinski definition) is 3. The molecule has 0 aliphatic heterocycles. The van der Waals surface area contributed by atoms with Crippen molar-refractivity contribution >= 4 is 0 Å². The third-order valence-corrected chi connectivity index (χ3v) is 3.42. The fraction of sp³-hybridized carbons (Fsp3) is 0. The van der Waals surface area contributed by atoms with Crippen LogP contribution < -0.4 is 0 Å². The molecule has 0 aliphatic carbocycles. The first-order valence-corrected chi connectivity index (χ1v) is 6.57. The van der Waals surface area contributed by atoms with Crippen molar-refractivity contribution in [3.05, 3.63) is 66.7 Å². The van der Waals surface area contributed by atoms with E-state index in [9.17, 15) is 15.3 Å². The van der Waals surface area contributed by atoms with Gasteiger partial charge in [-0.1, -0.05) is 60.7 Å². The molecule has 3 N–H and O–H groups in total. The van der Waals surface area contributed by atoms with Gasteiger partial charge in [0.25, 0.3) is 0 Å². The molecular formula is C18H14O3. The summed E-state index contributed by atoms with van der Waals surface area (Å²) in [5.41, 5.74) is 2.49. The molecule has 0 amide bonds. The largest absolute Gasteiger partial charge is 0.504 e. The molecule has 104 valence electrons. The molecule has 3 aromatic carbocycles. The van der Waals surface area contributed by atoms with E-state index in [1.54, 1.807) is 6.07 Å². The number of rotatable bonds is 2. The molecule has 0 radical (unpaired) electrons. The van der Waals surface area contributed by atoms with Crippen LogP contribution in [-0.2, 0) is 0 Å². The Bertz CT molecular complexity index is 702. The van der Waals surface area contributed by atoms with Gasteiger partial charge in [0, 0.05) is 11.1 Å². The highest BCUT2D eigenvalue weighted by Crippen LogP contribution is 2.48. The minimum absolute atomic E-state index is 0.321. The molecule has 3 heteroatoms. The maximum absolute atomic E-state index is 10.1. The van der Waals surface area contributed by atoms with E-state index < -0.39 is 5.75 Å². The second-order valence-electron chi connectivity index (χ2n) is 4.75. The Morgan fingerprint density at radius 3 is 1.24 bits per heavy atom. The summed E-state index contributed by atoms with van der Waals surface area (Å²) in [4.78, 5) is 0. The number of phenolic OH excluding ortho intramolecular Hbond substituents is 3. The highest BCUT2D eigenvalue weighted by atomic mass is 16.3. The minimum Gasteiger partial charge on any atom is -0.504 e. The van der Waals surface area contributed by atoms with Crippen molar-refractivity contribution in [1.82, 2.24) is 0 Å². The van der Waals surface area contributed by atoms with E-state index in [2.05, 4.69) is 0 Å². The van der Waals surface area contributed by atoms with Gasteiger partial charge >= 0.3 is 0 Å². The number of phenols is 3. The Morgan fingerprint density at radius 2 is 0.857 bits per heavy atom. The van der Waals surface area contributed by atoms with Gasteiger partial charge in [-0.2, -0.15) is 0 Å². The fourth-order valence-electron chi connectivity index (χ4n) is 2.32. The molecular weight excluding hydrogens is 264 g/mol. The molecule has 0 saturated carbocycles. The van der Waals surface area contributed by atoms with Gasteiger partial charge in [-0.25, -0.2) is 0 Å². The summed E-state index contributed by atoms with van der Waals surface area (Å²) in [5.74, 6) is -1.15. The normalized spacial score (nSPS) is 10.5. The highest BCUT2D eigenvalue weighted by molar-refractivity contribution is 5.85. The molecule has 0 fully saturated rings. The van der Waals surface area contributed by atoms with E-state index in [4.69, 9.17) is 0 Å². The van der Waals surface area contributed by atoms with E-state index >= 15 is 0 Å². The molecule has 0 aliphatic rings. The molecule has 0 spiro atoms. The van der Waals surface area contributed by atoms with E-state index in [0.29, 0.717) is 11.1 Å². The number of benzene rings is 3.